The minimum atomic E-state index is -0.902. The van der Waals surface area contributed by atoms with Crippen molar-refractivity contribution in [2.75, 3.05) is 12.4 Å². The van der Waals surface area contributed by atoms with Gasteiger partial charge in [-0.05, 0) is 73.8 Å². The second-order valence-electron chi connectivity index (χ2n) is 7.79. The minimum Gasteiger partial charge on any atom is -0.493 e. The largest absolute Gasteiger partial charge is 0.493 e. The van der Waals surface area contributed by atoms with Crippen LogP contribution < -0.4 is 4.74 Å². The molecule has 0 aliphatic carbocycles. The average Bonchev–Trinajstić information content (AvgIpc) is 2.71. The van der Waals surface area contributed by atoms with E-state index in [9.17, 15) is 14.7 Å². The van der Waals surface area contributed by atoms with Crippen molar-refractivity contribution in [3.63, 3.8) is 0 Å². The van der Waals surface area contributed by atoms with Crippen LogP contribution in [0.15, 0.2) is 41.3 Å². The van der Waals surface area contributed by atoms with Crippen molar-refractivity contribution >= 4 is 35.3 Å². The molecular formula is C25H31ClO5S. The number of rotatable bonds is 15. The zero-order valence-corrected chi connectivity index (χ0v) is 20.0. The molecule has 174 valence electrons. The summed E-state index contributed by atoms with van der Waals surface area (Å²) in [6.07, 6.45) is 5.41. The predicted octanol–water partition coefficient (Wildman–Crippen LogP) is 6.41. The number of hydrogen-bond donors (Lipinski definition) is 2. The Morgan fingerprint density at radius 2 is 1.78 bits per heavy atom. The molecule has 0 bridgehead atoms. The molecule has 32 heavy (non-hydrogen) atoms. The first-order valence-corrected chi connectivity index (χ1v) is 12.3. The Morgan fingerprint density at radius 3 is 2.50 bits per heavy atom. The maximum absolute atomic E-state index is 11.4. The first kappa shape index (κ1) is 26.1. The third-order valence-corrected chi connectivity index (χ3v) is 6.26. The highest BCUT2D eigenvalue weighted by atomic mass is 35.5. The molecule has 0 aliphatic rings. The van der Waals surface area contributed by atoms with Crippen LogP contribution in [0.5, 0.6) is 5.75 Å². The van der Waals surface area contributed by atoms with Crippen LogP contribution >= 0.6 is 23.4 Å². The van der Waals surface area contributed by atoms with E-state index in [4.69, 9.17) is 21.4 Å². The summed E-state index contributed by atoms with van der Waals surface area (Å²) >= 11 is 7.93. The topological polar surface area (TPSA) is 83.8 Å². The highest BCUT2D eigenvalue weighted by Gasteiger charge is 2.13. The van der Waals surface area contributed by atoms with E-state index in [1.165, 1.54) is 10.5 Å². The number of ether oxygens (including phenoxy) is 1. The summed E-state index contributed by atoms with van der Waals surface area (Å²) in [5, 5.41) is 18.8. The molecule has 2 aromatic carbocycles. The van der Waals surface area contributed by atoms with Gasteiger partial charge in [-0.1, -0.05) is 36.6 Å². The van der Waals surface area contributed by atoms with Gasteiger partial charge in [0.15, 0.2) is 0 Å². The van der Waals surface area contributed by atoms with Crippen LogP contribution in [-0.2, 0) is 22.4 Å². The van der Waals surface area contributed by atoms with Crippen LogP contribution in [0.1, 0.15) is 55.2 Å². The van der Waals surface area contributed by atoms with Gasteiger partial charge in [-0.2, -0.15) is 0 Å². The van der Waals surface area contributed by atoms with Gasteiger partial charge in [-0.25, -0.2) is 0 Å². The highest BCUT2D eigenvalue weighted by molar-refractivity contribution is 7.99. The van der Waals surface area contributed by atoms with Gasteiger partial charge >= 0.3 is 11.9 Å². The second kappa shape index (κ2) is 14.1. The zero-order valence-electron chi connectivity index (χ0n) is 18.4. The fourth-order valence-electron chi connectivity index (χ4n) is 3.49. The van der Waals surface area contributed by atoms with E-state index < -0.39 is 11.9 Å². The summed E-state index contributed by atoms with van der Waals surface area (Å²) in [5.74, 6) is -0.178. The highest BCUT2D eigenvalue weighted by Crippen LogP contribution is 2.27. The lowest BCUT2D eigenvalue weighted by molar-refractivity contribution is -0.137. The molecule has 0 radical (unpaired) electrons. The van der Waals surface area contributed by atoms with E-state index in [-0.39, 0.29) is 19.4 Å². The molecule has 0 spiro atoms. The molecule has 7 heteroatoms. The summed E-state index contributed by atoms with van der Waals surface area (Å²) in [4.78, 5) is 23.2. The van der Waals surface area contributed by atoms with E-state index in [1.54, 1.807) is 6.07 Å². The number of benzene rings is 2. The van der Waals surface area contributed by atoms with Crippen LogP contribution in [0.3, 0.4) is 0 Å². The average molecular weight is 479 g/mol. The number of hydrogen-bond acceptors (Lipinski definition) is 4. The number of aryl methyl sites for hydroxylation is 2. The Hall–Kier alpha value is -2.18. The number of thioether (sulfide) groups is 1. The molecule has 0 fully saturated rings. The quantitative estimate of drug-likeness (QED) is 0.227. The van der Waals surface area contributed by atoms with Crippen molar-refractivity contribution in [3.05, 3.63) is 58.1 Å². The molecule has 0 aromatic heterocycles. The minimum absolute atomic E-state index is 0.0309. The third-order valence-electron chi connectivity index (χ3n) is 4.98. The summed E-state index contributed by atoms with van der Waals surface area (Å²) in [6, 6.07) is 11.7. The number of aliphatic carboxylic acids is 2. The lowest BCUT2D eigenvalue weighted by atomic mass is 9.98. The van der Waals surface area contributed by atoms with Crippen LogP contribution in [-0.4, -0.2) is 34.5 Å². The Balaban J connectivity index is 1.78. The Morgan fingerprint density at radius 1 is 1.00 bits per heavy atom. The van der Waals surface area contributed by atoms with Crippen LogP contribution in [0.25, 0.3) is 0 Å². The molecule has 0 atom stereocenters. The van der Waals surface area contributed by atoms with Gasteiger partial charge in [0.1, 0.15) is 5.75 Å². The molecule has 2 rings (SSSR count). The summed E-state index contributed by atoms with van der Waals surface area (Å²) in [7, 11) is 0. The lowest BCUT2D eigenvalue weighted by Crippen LogP contribution is -2.09. The van der Waals surface area contributed by atoms with Gasteiger partial charge in [0.05, 0.1) is 13.0 Å². The molecule has 2 aromatic rings. The van der Waals surface area contributed by atoms with Crippen LogP contribution in [0.2, 0.25) is 5.02 Å². The van der Waals surface area contributed by atoms with Gasteiger partial charge < -0.3 is 14.9 Å². The molecule has 0 amide bonds. The van der Waals surface area contributed by atoms with Crippen molar-refractivity contribution in [2.24, 2.45) is 0 Å². The lowest BCUT2D eigenvalue weighted by Gasteiger charge is -2.14. The molecule has 0 saturated carbocycles. The summed E-state index contributed by atoms with van der Waals surface area (Å²) in [5.41, 5.74) is 2.86. The molecular weight excluding hydrogens is 448 g/mol. The van der Waals surface area contributed by atoms with E-state index in [0.29, 0.717) is 17.7 Å². The molecule has 0 unspecified atom stereocenters. The van der Waals surface area contributed by atoms with Gasteiger partial charge in [0.2, 0.25) is 0 Å². The van der Waals surface area contributed by atoms with E-state index in [2.05, 4.69) is 6.07 Å². The van der Waals surface area contributed by atoms with Crippen molar-refractivity contribution in [1.82, 2.24) is 0 Å². The van der Waals surface area contributed by atoms with Gasteiger partial charge in [0.25, 0.3) is 0 Å². The molecule has 2 N–H and O–H groups in total. The number of carboxylic acids is 2. The second-order valence-corrected chi connectivity index (χ2v) is 9.39. The molecule has 5 nitrogen and oxygen atoms in total. The Kier molecular flexibility index (Phi) is 11.5. The summed E-state index contributed by atoms with van der Waals surface area (Å²) < 4.78 is 5.71. The fourth-order valence-corrected chi connectivity index (χ4v) is 4.90. The Labute approximate surface area is 199 Å². The van der Waals surface area contributed by atoms with E-state index >= 15 is 0 Å². The number of unbranched alkanes of at least 4 members (excludes halogenated alkanes) is 3. The third kappa shape index (κ3) is 9.96. The monoisotopic (exact) mass is 478 g/mol. The van der Waals surface area contributed by atoms with E-state index in [0.717, 1.165) is 48.4 Å². The van der Waals surface area contributed by atoms with Crippen molar-refractivity contribution in [1.29, 1.82) is 0 Å². The van der Waals surface area contributed by atoms with Crippen LogP contribution in [0.4, 0.5) is 0 Å². The smallest absolute Gasteiger partial charge is 0.307 e. The first-order chi connectivity index (χ1) is 15.3. The van der Waals surface area contributed by atoms with Gasteiger partial charge in [-0.3, -0.25) is 9.59 Å². The number of carbonyl (C=O) groups is 2. The van der Waals surface area contributed by atoms with Gasteiger partial charge in [0, 0.05) is 21.9 Å². The van der Waals surface area contributed by atoms with Gasteiger partial charge in [-0.15, -0.1) is 11.8 Å². The zero-order chi connectivity index (χ0) is 23.3. The molecule has 0 heterocycles. The maximum atomic E-state index is 11.4. The van der Waals surface area contributed by atoms with Crippen molar-refractivity contribution < 1.29 is 24.5 Å². The predicted molar refractivity (Wildman–Crippen MR) is 129 cm³/mol. The maximum Gasteiger partial charge on any atom is 0.307 e. The molecule has 0 aliphatic heterocycles. The first-order valence-electron chi connectivity index (χ1n) is 10.9. The fraction of sp³-hybridized carbons (Fsp3) is 0.440. The SMILES string of the molecule is Cc1cc(Cl)cc(SCCCCCCc2cccc(OCCCC(=O)O)c2CC(=O)O)c1. The van der Waals surface area contributed by atoms with Crippen molar-refractivity contribution in [3.8, 4) is 5.75 Å². The van der Waals surface area contributed by atoms with E-state index in [1.807, 2.05) is 43.0 Å². The van der Waals surface area contributed by atoms with Crippen molar-refractivity contribution in [2.45, 2.75) is 63.2 Å². The standard InChI is InChI=1S/C25H31ClO5S/c1-18-14-20(26)16-21(15-18)32-13-5-3-2-4-8-19-9-6-10-23(22(19)17-25(29)30)31-12-7-11-24(27)28/h6,9-10,14-16H,2-5,7-8,11-13,17H2,1H3,(H,27,28)(H,29,30). The molecule has 0 saturated heterocycles. The Bertz CT molecular complexity index is 880. The number of carboxylic acid groups (broad SMARTS) is 2. The van der Waals surface area contributed by atoms with Crippen LogP contribution in [0, 0.1) is 6.92 Å². The number of halogens is 1. The summed E-state index contributed by atoms with van der Waals surface area (Å²) in [6.45, 7) is 2.30. The normalized spacial score (nSPS) is 10.8.